The van der Waals surface area contributed by atoms with E-state index in [1.165, 1.54) is 18.7 Å². The molecule has 13 heavy (non-hydrogen) atoms. The van der Waals surface area contributed by atoms with Crippen molar-refractivity contribution in [3.63, 3.8) is 0 Å². The van der Waals surface area contributed by atoms with Crippen molar-refractivity contribution < 1.29 is 9.21 Å². The molecule has 0 radical (unpaired) electrons. The predicted octanol–water partition coefficient (Wildman–Crippen LogP) is 0.643. The lowest BCUT2D eigenvalue weighted by Crippen LogP contribution is -2.15. The lowest BCUT2D eigenvalue weighted by atomic mass is 10.4. The van der Waals surface area contributed by atoms with Crippen LogP contribution in [-0.2, 0) is 4.79 Å². The molecule has 1 N–H and O–H groups in total. The zero-order valence-corrected chi connectivity index (χ0v) is 6.73. The highest BCUT2D eigenvalue weighted by molar-refractivity contribution is 5.82. The van der Waals surface area contributed by atoms with E-state index in [0.29, 0.717) is 0 Å². The van der Waals surface area contributed by atoms with Crippen LogP contribution in [0.4, 0.5) is 0 Å². The van der Waals surface area contributed by atoms with Crippen molar-refractivity contribution in [2.24, 2.45) is 5.10 Å². The van der Waals surface area contributed by atoms with Gasteiger partial charge in [0.2, 0.25) is 0 Å². The van der Waals surface area contributed by atoms with Gasteiger partial charge < -0.3 is 4.42 Å². The molecule has 0 aromatic carbocycles. The lowest BCUT2D eigenvalue weighted by Gasteiger charge is -1.90. The molecule has 0 aliphatic carbocycles. The highest BCUT2D eigenvalue weighted by Crippen LogP contribution is 1.94. The van der Waals surface area contributed by atoms with Crippen LogP contribution in [0.5, 0.6) is 0 Å². The number of hydrazone groups is 1. The zero-order chi connectivity index (χ0) is 9.52. The number of amides is 1. The number of hydrogen-bond donors (Lipinski definition) is 1. The number of carbonyl (C=O) groups excluding carboxylic acids is 1. The Bertz CT molecular complexity index is 335. The van der Waals surface area contributed by atoms with E-state index in [0.717, 1.165) is 5.56 Å². The average Bonchev–Trinajstić information content (AvgIpc) is 2.57. The summed E-state index contributed by atoms with van der Waals surface area (Å²) in [6.07, 6.45) is 4.22. The van der Waals surface area contributed by atoms with Crippen molar-refractivity contribution in [2.45, 2.75) is 6.42 Å². The van der Waals surface area contributed by atoms with Crippen LogP contribution in [-0.4, -0.2) is 12.1 Å². The van der Waals surface area contributed by atoms with Crippen LogP contribution in [0.3, 0.4) is 0 Å². The molecule has 5 nitrogen and oxygen atoms in total. The summed E-state index contributed by atoms with van der Waals surface area (Å²) in [4.78, 5) is 10.7. The van der Waals surface area contributed by atoms with Gasteiger partial charge in [-0.05, 0) is 6.07 Å². The summed E-state index contributed by atoms with van der Waals surface area (Å²) in [5.74, 6) is -0.428. The third-order valence-corrected chi connectivity index (χ3v) is 1.19. The molecular weight excluding hydrogens is 170 g/mol. The molecule has 0 spiro atoms. The second kappa shape index (κ2) is 4.72. The fraction of sp³-hybridized carbons (Fsp3) is 0.125. The molecule has 0 aliphatic heterocycles. The third kappa shape index (κ3) is 3.20. The summed E-state index contributed by atoms with van der Waals surface area (Å²) >= 11 is 0. The molecule has 5 heteroatoms. The van der Waals surface area contributed by atoms with Gasteiger partial charge in [-0.1, -0.05) is 0 Å². The summed E-state index contributed by atoms with van der Waals surface area (Å²) in [6.45, 7) is 0. The van der Waals surface area contributed by atoms with Gasteiger partial charge in [0.25, 0.3) is 5.91 Å². The van der Waals surface area contributed by atoms with Crippen LogP contribution in [0.15, 0.2) is 28.1 Å². The largest absolute Gasteiger partial charge is 0.472 e. The van der Waals surface area contributed by atoms with Crippen molar-refractivity contribution in [2.75, 3.05) is 0 Å². The van der Waals surface area contributed by atoms with Gasteiger partial charge in [0.05, 0.1) is 24.8 Å². The van der Waals surface area contributed by atoms with Crippen molar-refractivity contribution in [3.05, 3.63) is 24.2 Å². The number of rotatable bonds is 3. The van der Waals surface area contributed by atoms with Crippen LogP contribution >= 0.6 is 0 Å². The molecule has 0 fully saturated rings. The van der Waals surface area contributed by atoms with Crippen LogP contribution in [0.25, 0.3) is 0 Å². The molecule has 1 heterocycles. The summed E-state index contributed by atoms with van der Waals surface area (Å²) in [5.41, 5.74) is 2.94. The van der Waals surface area contributed by atoms with E-state index in [4.69, 9.17) is 9.68 Å². The van der Waals surface area contributed by atoms with Gasteiger partial charge in [-0.25, -0.2) is 5.43 Å². The number of carbonyl (C=O) groups is 1. The predicted molar refractivity (Wildman–Crippen MR) is 44.7 cm³/mol. The van der Waals surface area contributed by atoms with E-state index in [9.17, 15) is 4.79 Å². The Balaban J connectivity index is 2.35. The first-order chi connectivity index (χ1) is 6.33. The van der Waals surface area contributed by atoms with E-state index in [-0.39, 0.29) is 6.42 Å². The Labute approximate surface area is 74.7 Å². The minimum Gasteiger partial charge on any atom is -0.472 e. The fourth-order valence-electron chi connectivity index (χ4n) is 0.639. The standard InChI is InChI=1S/C8H7N3O2/c9-3-1-8(12)11-10-5-7-2-4-13-6-7/h2,4-6H,1H2,(H,11,12). The zero-order valence-electron chi connectivity index (χ0n) is 6.73. The molecule has 1 amide bonds. The second-order valence-corrected chi connectivity index (χ2v) is 2.18. The molecule has 66 valence electrons. The summed E-state index contributed by atoms with van der Waals surface area (Å²) < 4.78 is 4.76. The minimum absolute atomic E-state index is 0.192. The minimum atomic E-state index is -0.428. The smallest absolute Gasteiger partial charge is 0.254 e. The van der Waals surface area contributed by atoms with Gasteiger partial charge >= 0.3 is 0 Å². The topological polar surface area (TPSA) is 78.4 Å². The maximum Gasteiger partial charge on any atom is 0.254 e. The van der Waals surface area contributed by atoms with E-state index < -0.39 is 5.91 Å². The monoisotopic (exact) mass is 177 g/mol. The van der Waals surface area contributed by atoms with Crippen LogP contribution in [0.2, 0.25) is 0 Å². The van der Waals surface area contributed by atoms with Gasteiger partial charge in [-0.15, -0.1) is 0 Å². The van der Waals surface area contributed by atoms with Crippen LogP contribution in [0.1, 0.15) is 12.0 Å². The first kappa shape index (κ1) is 9.00. The van der Waals surface area contributed by atoms with E-state index in [1.54, 1.807) is 12.1 Å². The molecule has 0 unspecified atom stereocenters. The number of nitriles is 1. The molecule has 1 aromatic heterocycles. The van der Waals surface area contributed by atoms with E-state index >= 15 is 0 Å². The van der Waals surface area contributed by atoms with Crippen molar-refractivity contribution >= 4 is 12.1 Å². The SMILES string of the molecule is N#CCC(=O)NN=Cc1ccoc1. The van der Waals surface area contributed by atoms with Crippen molar-refractivity contribution in [1.82, 2.24) is 5.43 Å². The van der Waals surface area contributed by atoms with Crippen molar-refractivity contribution in [1.29, 1.82) is 5.26 Å². The van der Waals surface area contributed by atoms with Gasteiger partial charge in [-0.2, -0.15) is 10.4 Å². The third-order valence-electron chi connectivity index (χ3n) is 1.19. The second-order valence-electron chi connectivity index (χ2n) is 2.18. The molecule has 1 rings (SSSR count). The average molecular weight is 177 g/mol. The van der Waals surface area contributed by atoms with Crippen LogP contribution < -0.4 is 5.43 Å². The molecule has 0 saturated heterocycles. The quantitative estimate of drug-likeness (QED) is 0.543. The lowest BCUT2D eigenvalue weighted by molar-refractivity contribution is -0.120. The summed E-state index contributed by atoms with van der Waals surface area (Å²) in [5, 5.41) is 11.7. The maximum absolute atomic E-state index is 10.7. The Morgan fingerprint density at radius 1 is 1.85 bits per heavy atom. The van der Waals surface area contributed by atoms with Gasteiger partial charge in [-0.3, -0.25) is 4.79 Å². The molecule has 0 aliphatic rings. The Kier molecular flexibility index (Phi) is 3.27. The normalized spacial score (nSPS) is 9.77. The molecule has 0 bridgehead atoms. The summed E-state index contributed by atoms with van der Waals surface area (Å²) in [7, 11) is 0. The van der Waals surface area contributed by atoms with Crippen molar-refractivity contribution in [3.8, 4) is 6.07 Å². The molecule has 0 atom stereocenters. The van der Waals surface area contributed by atoms with Gasteiger partial charge in [0, 0.05) is 5.56 Å². The first-order valence-corrected chi connectivity index (χ1v) is 3.54. The Morgan fingerprint density at radius 3 is 3.31 bits per heavy atom. The maximum atomic E-state index is 10.7. The number of nitrogens with zero attached hydrogens (tertiary/aromatic N) is 2. The summed E-state index contributed by atoms with van der Waals surface area (Å²) in [6, 6.07) is 3.40. The Morgan fingerprint density at radius 2 is 2.69 bits per heavy atom. The number of nitrogens with one attached hydrogen (secondary N) is 1. The van der Waals surface area contributed by atoms with E-state index in [2.05, 4.69) is 10.5 Å². The van der Waals surface area contributed by atoms with Gasteiger partial charge in [0.1, 0.15) is 6.42 Å². The first-order valence-electron chi connectivity index (χ1n) is 3.54. The molecule has 0 saturated carbocycles. The van der Waals surface area contributed by atoms with Gasteiger partial charge in [0.15, 0.2) is 0 Å². The Hall–Kier alpha value is -2.09. The number of furan rings is 1. The highest BCUT2D eigenvalue weighted by Gasteiger charge is 1.95. The van der Waals surface area contributed by atoms with E-state index in [1.807, 2.05) is 0 Å². The fourth-order valence-corrected chi connectivity index (χ4v) is 0.639. The molecular formula is C8H7N3O2. The molecule has 1 aromatic rings. The highest BCUT2D eigenvalue weighted by atomic mass is 16.3. The number of hydrogen-bond acceptors (Lipinski definition) is 4. The van der Waals surface area contributed by atoms with Crippen LogP contribution in [0, 0.1) is 11.3 Å².